The summed E-state index contributed by atoms with van der Waals surface area (Å²) in [6.45, 7) is 10.4. The Bertz CT molecular complexity index is 372. The van der Waals surface area contributed by atoms with Gasteiger partial charge in [0.15, 0.2) is 0 Å². The molecule has 0 spiro atoms. The Morgan fingerprint density at radius 1 is 1.20 bits per heavy atom. The maximum absolute atomic E-state index is 10.9. The molecule has 3 N–H and O–H groups in total. The van der Waals surface area contributed by atoms with Crippen molar-refractivity contribution in [3.63, 3.8) is 0 Å². The lowest BCUT2D eigenvalue weighted by atomic mass is 10.4. The van der Waals surface area contributed by atoms with E-state index < -0.39 is 32.6 Å². The van der Waals surface area contributed by atoms with Crippen molar-refractivity contribution < 1.29 is 18.3 Å². The molecule has 0 radical (unpaired) electrons. The Morgan fingerprint density at radius 3 is 2.15 bits per heavy atom. The molecule has 0 saturated carbocycles. The predicted molar refractivity (Wildman–Crippen MR) is 89.5 cm³/mol. The lowest BCUT2D eigenvalue weighted by molar-refractivity contribution is -0.137. The van der Waals surface area contributed by atoms with Gasteiger partial charge in [-0.25, -0.2) is 4.21 Å². The highest BCUT2D eigenvalue weighted by Crippen LogP contribution is 2.06. The van der Waals surface area contributed by atoms with E-state index in [1.54, 1.807) is 12.2 Å². The number of carboxylic acids is 1. The van der Waals surface area contributed by atoms with Crippen LogP contribution in [0.2, 0.25) is 0 Å². The molecular formula is C12H21NO4S3. The summed E-state index contributed by atoms with van der Waals surface area (Å²) in [5.74, 6) is 0.476. The van der Waals surface area contributed by atoms with Crippen LogP contribution in [0.1, 0.15) is 0 Å². The summed E-state index contributed by atoms with van der Waals surface area (Å²) in [6, 6.07) is -1.03. The summed E-state index contributed by atoms with van der Waals surface area (Å²) < 4.78 is 21.6. The van der Waals surface area contributed by atoms with Gasteiger partial charge in [-0.3, -0.25) is 9.00 Å². The molecule has 116 valence electrons. The summed E-state index contributed by atoms with van der Waals surface area (Å²) in [5.41, 5.74) is 5.12. The van der Waals surface area contributed by atoms with Crippen molar-refractivity contribution in [1.82, 2.24) is 0 Å². The Balaban J connectivity index is 0. The van der Waals surface area contributed by atoms with E-state index in [1.165, 1.54) is 16.9 Å². The highest BCUT2D eigenvalue weighted by atomic mass is 33.1. The molecule has 20 heavy (non-hydrogen) atoms. The molecule has 0 aliphatic heterocycles. The van der Waals surface area contributed by atoms with E-state index in [1.807, 2.05) is 0 Å². The monoisotopic (exact) mass is 339 g/mol. The van der Waals surface area contributed by atoms with E-state index in [-0.39, 0.29) is 5.75 Å². The molecule has 0 bridgehead atoms. The second kappa shape index (κ2) is 14.7. The van der Waals surface area contributed by atoms with E-state index in [9.17, 15) is 13.2 Å². The largest absolute Gasteiger partial charge is 0.480 e. The second-order valence-corrected chi connectivity index (χ2v) is 8.22. The van der Waals surface area contributed by atoms with Gasteiger partial charge >= 0.3 is 5.97 Å². The standard InChI is InChI=1S/C6H11NO3S.C6H10OS2/c1-2-3-11(10)4-5(7)6(8)9;1-3-5-8-9(7)6-4-2/h2,5H,1,3-4,7H2,(H,8,9);3-4H,1-2,5-6H2/t5-,11?;/m0./s1. The molecule has 0 aromatic heterocycles. The number of rotatable bonds is 10. The fourth-order valence-electron chi connectivity index (χ4n) is 0.739. The van der Waals surface area contributed by atoms with Gasteiger partial charge in [0.25, 0.3) is 0 Å². The average Bonchev–Trinajstić information content (AvgIpc) is 2.37. The van der Waals surface area contributed by atoms with E-state index in [2.05, 4.69) is 19.7 Å². The van der Waals surface area contributed by atoms with E-state index >= 15 is 0 Å². The first-order chi connectivity index (χ1) is 9.38. The predicted octanol–water partition coefficient (Wildman–Crippen LogP) is 1.09. The van der Waals surface area contributed by atoms with Gasteiger partial charge in [-0.1, -0.05) is 29.0 Å². The van der Waals surface area contributed by atoms with Crippen LogP contribution in [0.15, 0.2) is 38.0 Å². The Kier molecular flexibility index (Phi) is 15.9. The number of hydrogen-bond donors (Lipinski definition) is 2. The van der Waals surface area contributed by atoms with Gasteiger partial charge in [-0.15, -0.1) is 19.7 Å². The third-order valence-corrected chi connectivity index (χ3v) is 5.64. The molecule has 0 aliphatic rings. The normalized spacial score (nSPS) is 14.1. The molecule has 0 saturated heterocycles. The van der Waals surface area contributed by atoms with Gasteiger partial charge in [-0.2, -0.15) is 0 Å². The van der Waals surface area contributed by atoms with Gasteiger partial charge in [0.1, 0.15) is 6.04 Å². The maximum Gasteiger partial charge on any atom is 0.321 e. The number of hydrogen-bond acceptors (Lipinski definition) is 5. The van der Waals surface area contributed by atoms with Gasteiger partial charge < -0.3 is 10.8 Å². The fourth-order valence-corrected chi connectivity index (χ4v) is 3.54. The number of carbonyl (C=O) groups is 1. The molecule has 2 unspecified atom stereocenters. The van der Waals surface area contributed by atoms with Gasteiger partial charge in [0.05, 0.1) is 15.6 Å². The zero-order valence-electron chi connectivity index (χ0n) is 11.2. The first-order valence-corrected chi connectivity index (χ1v) is 9.87. The minimum absolute atomic E-state index is 0.0125. The van der Waals surface area contributed by atoms with Crippen LogP contribution in [0.25, 0.3) is 0 Å². The third-order valence-electron chi connectivity index (χ3n) is 1.56. The van der Waals surface area contributed by atoms with Crippen LogP contribution in [0.5, 0.6) is 0 Å². The molecular weight excluding hydrogens is 318 g/mol. The molecule has 0 heterocycles. The van der Waals surface area contributed by atoms with Crippen LogP contribution >= 0.6 is 10.8 Å². The number of aliphatic carboxylic acids is 1. The summed E-state index contributed by atoms with van der Waals surface area (Å²) >= 11 is 0. The summed E-state index contributed by atoms with van der Waals surface area (Å²) in [5, 5.41) is 8.31. The SMILES string of the molecule is C=CCS(=O)C[C@H](N)C(=O)O.C=CCSS(=O)CC=C. The molecule has 0 amide bonds. The number of nitrogens with two attached hydrogens (primary N) is 1. The van der Waals surface area contributed by atoms with Crippen molar-refractivity contribution in [2.24, 2.45) is 5.73 Å². The third kappa shape index (κ3) is 15.4. The minimum atomic E-state index is -1.19. The zero-order valence-corrected chi connectivity index (χ0v) is 13.7. The Labute approximate surface area is 128 Å². The van der Waals surface area contributed by atoms with Crippen LogP contribution in [-0.2, 0) is 25.4 Å². The lowest BCUT2D eigenvalue weighted by Crippen LogP contribution is -2.35. The van der Waals surface area contributed by atoms with Crippen LogP contribution in [-0.4, -0.2) is 48.5 Å². The maximum atomic E-state index is 10.9. The summed E-state index contributed by atoms with van der Waals surface area (Å²) in [7, 11) is -0.603. The molecule has 0 aliphatic carbocycles. The smallest absolute Gasteiger partial charge is 0.321 e. The van der Waals surface area contributed by atoms with Crippen molar-refractivity contribution in [3.8, 4) is 0 Å². The molecule has 0 fully saturated rings. The molecule has 8 heteroatoms. The van der Waals surface area contributed by atoms with Crippen LogP contribution in [0, 0.1) is 0 Å². The minimum Gasteiger partial charge on any atom is -0.480 e. The molecule has 3 atom stereocenters. The molecule has 0 aromatic rings. The highest BCUT2D eigenvalue weighted by Gasteiger charge is 2.13. The topological polar surface area (TPSA) is 97.5 Å². The number of carboxylic acid groups (broad SMARTS) is 1. The highest BCUT2D eigenvalue weighted by molar-refractivity contribution is 8.69. The van der Waals surface area contributed by atoms with Crippen molar-refractivity contribution in [1.29, 1.82) is 0 Å². The molecule has 0 aromatic carbocycles. The quantitative estimate of drug-likeness (QED) is 0.457. The first-order valence-electron chi connectivity index (χ1n) is 5.56. The molecule has 5 nitrogen and oxygen atoms in total. The summed E-state index contributed by atoms with van der Waals surface area (Å²) in [6.07, 6.45) is 4.88. The van der Waals surface area contributed by atoms with Crippen LogP contribution in [0.4, 0.5) is 0 Å². The molecule has 0 rings (SSSR count). The van der Waals surface area contributed by atoms with Gasteiger partial charge in [0.2, 0.25) is 0 Å². The Morgan fingerprint density at radius 2 is 1.75 bits per heavy atom. The van der Waals surface area contributed by atoms with E-state index in [0.717, 1.165) is 5.75 Å². The van der Waals surface area contributed by atoms with Crippen LogP contribution in [0.3, 0.4) is 0 Å². The average molecular weight is 340 g/mol. The van der Waals surface area contributed by atoms with E-state index in [4.69, 9.17) is 10.8 Å². The van der Waals surface area contributed by atoms with Gasteiger partial charge in [-0.05, 0) is 0 Å². The second-order valence-electron chi connectivity index (χ2n) is 3.34. The van der Waals surface area contributed by atoms with Crippen molar-refractivity contribution in [2.45, 2.75) is 6.04 Å². The van der Waals surface area contributed by atoms with Crippen molar-refractivity contribution >= 4 is 37.4 Å². The van der Waals surface area contributed by atoms with Crippen LogP contribution < -0.4 is 5.73 Å². The fraction of sp³-hybridized carbons (Fsp3) is 0.417. The van der Waals surface area contributed by atoms with Crippen molar-refractivity contribution in [2.75, 3.05) is 23.0 Å². The first kappa shape index (κ1) is 21.6. The summed E-state index contributed by atoms with van der Waals surface area (Å²) in [4.78, 5) is 10.2. The zero-order chi connectivity index (χ0) is 16.0. The van der Waals surface area contributed by atoms with E-state index in [0.29, 0.717) is 11.5 Å². The Hall–Kier alpha value is -0.700. The van der Waals surface area contributed by atoms with Gasteiger partial charge in [0, 0.05) is 28.1 Å². The lowest BCUT2D eigenvalue weighted by Gasteiger charge is -2.03. The van der Waals surface area contributed by atoms with Crippen molar-refractivity contribution in [3.05, 3.63) is 38.0 Å².